The van der Waals surface area contributed by atoms with Gasteiger partial charge in [0.25, 0.3) is 5.91 Å². The number of rotatable bonds is 4. The molecule has 1 aromatic rings. The third-order valence-corrected chi connectivity index (χ3v) is 3.37. The Kier molecular flexibility index (Phi) is 5.16. The van der Waals surface area contributed by atoms with Crippen LogP contribution in [0.1, 0.15) is 57.0 Å². The van der Waals surface area contributed by atoms with Crippen molar-refractivity contribution in [3.05, 3.63) is 35.4 Å². The molecule has 0 fully saturated rings. The standard InChI is InChI=1S/C17H27NO/c1-12(2)11-15(17(4,5)6)18-16(19)14-9-7-13(3)8-10-14/h7-10,12,15H,11H2,1-6H3,(H,18,19). The molecule has 1 atom stereocenters. The molecule has 1 unspecified atom stereocenters. The summed E-state index contributed by atoms with van der Waals surface area (Å²) in [5.41, 5.74) is 1.99. The highest BCUT2D eigenvalue weighted by Crippen LogP contribution is 2.25. The highest BCUT2D eigenvalue weighted by atomic mass is 16.1. The lowest BCUT2D eigenvalue weighted by molar-refractivity contribution is 0.0890. The van der Waals surface area contributed by atoms with Crippen LogP contribution in [0.25, 0.3) is 0 Å². The molecule has 1 aromatic carbocycles. The molecule has 2 nitrogen and oxygen atoms in total. The first kappa shape index (κ1) is 15.7. The average Bonchev–Trinajstić information content (AvgIpc) is 2.27. The molecule has 0 radical (unpaired) electrons. The quantitative estimate of drug-likeness (QED) is 0.865. The van der Waals surface area contributed by atoms with Crippen molar-refractivity contribution < 1.29 is 4.79 Å². The van der Waals surface area contributed by atoms with Gasteiger partial charge < -0.3 is 5.32 Å². The number of aryl methyl sites for hydroxylation is 1. The van der Waals surface area contributed by atoms with E-state index in [0.717, 1.165) is 12.0 Å². The van der Waals surface area contributed by atoms with Crippen LogP contribution in [0, 0.1) is 18.3 Å². The summed E-state index contributed by atoms with van der Waals surface area (Å²) in [6.45, 7) is 12.9. The Morgan fingerprint density at radius 3 is 2.11 bits per heavy atom. The van der Waals surface area contributed by atoms with E-state index in [1.807, 2.05) is 31.2 Å². The van der Waals surface area contributed by atoms with Crippen LogP contribution in [0.5, 0.6) is 0 Å². The Labute approximate surface area is 117 Å². The summed E-state index contributed by atoms with van der Waals surface area (Å²) < 4.78 is 0. The van der Waals surface area contributed by atoms with Gasteiger partial charge in [-0.2, -0.15) is 0 Å². The molecular weight excluding hydrogens is 234 g/mol. The third kappa shape index (κ3) is 5.06. The zero-order valence-electron chi connectivity index (χ0n) is 13.1. The lowest BCUT2D eigenvalue weighted by Crippen LogP contribution is -2.44. The molecular formula is C17H27NO. The molecule has 2 heteroatoms. The van der Waals surface area contributed by atoms with Crippen molar-refractivity contribution in [2.45, 2.75) is 54.0 Å². The second kappa shape index (κ2) is 6.23. The maximum absolute atomic E-state index is 12.3. The molecule has 0 saturated carbocycles. The SMILES string of the molecule is Cc1ccc(C(=O)NC(CC(C)C)C(C)(C)C)cc1. The molecule has 0 aromatic heterocycles. The van der Waals surface area contributed by atoms with Crippen molar-refractivity contribution in [2.24, 2.45) is 11.3 Å². The Hall–Kier alpha value is -1.31. The number of nitrogens with one attached hydrogen (secondary N) is 1. The minimum Gasteiger partial charge on any atom is -0.349 e. The molecule has 0 bridgehead atoms. The van der Waals surface area contributed by atoms with E-state index >= 15 is 0 Å². The van der Waals surface area contributed by atoms with Crippen LogP contribution >= 0.6 is 0 Å². The zero-order chi connectivity index (χ0) is 14.6. The first-order valence-corrected chi connectivity index (χ1v) is 7.07. The minimum absolute atomic E-state index is 0.0283. The average molecular weight is 261 g/mol. The van der Waals surface area contributed by atoms with Crippen LogP contribution in [0.2, 0.25) is 0 Å². The van der Waals surface area contributed by atoms with E-state index in [0.29, 0.717) is 5.92 Å². The first-order chi connectivity index (χ1) is 8.70. The number of carbonyl (C=O) groups excluding carboxylic acids is 1. The molecule has 0 saturated heterocycles. The van der Waals surface area contributed by atoms with Crippen molar-refractivity contribution in [1.29, 1.82) is 0 Å². The van der Waals surface area contributed by atoms with Gasteiger partial charge in [0, 0.05) is 11.6 Å². The van der Waals surface area contributed by atoms with Crippen LogP contribution in [0.15, 0.2) is 24.3 Å². The van der Waals surface area contributed by atoms with Gasteiger partial charge in [-0.25, -0.2) is 0 Å². The third-order valence-electron chi connectivity index (χ3n) is 3.37. The van der Waals surface area contributed by atoms with Gasteiger partial charge in [-0.1, -0.05) is 52.3 Å². The molecule has 1 amide bonds. The molecule has 1 N–H and O–H groups in total. The number of amides is 1. The lowest BCUT2D eigenvalue weighted by Gasteiger charge is -2.33. The molecule has 0 heterocycles. The predicted molar refractivity (Wildman–Crippen MR) is 81.3 cm³/mol. The Bertz CT molecular complexity index is 412. The van der Waals surface area contributed by atoms with Crippen LogP contribution in [0.4, 0.5) is 0 Å². The van der Waals surface area contributed by atoms with E-state index in [4.69, 9.17) is 0 Å². The van der Waals surface area contributed by atoms with Gasteiger partial charge in [-0.15, -0.1) is 0 Å². The fourth-order valence-corrected chi connectivity index (χ4v) is 2.05. The lowest BCUT2D eigenvalue weighted by atomic mass is 9.82. The summed E-state index contributed by atoms with van der Waals surface area (Å²) in [5.74, 6) is 0.600. The van der Waals surface area contributed by atoms with Crippen molar-refractivity contribution in [1.82, 2.24) is 5.32 Å². The largest absolute Gasteiger partial charge is 0.349 e. The second-order valence-corrected chi connectivity index (χ2v) is 6.89. The minimum atomic E-state index is 0.0283. The fraction of sp³-hybridized carbons (Fsp3) is 0.588. The first-order valence-electron chi connectivity index (χ1n) is 7.07. The summed E-state index contributed by atoms with van der Waals surface area (Å²) >= 11 is 0. The number of benzene rings is 1. The Morgan fingerprint density at radius 1 is 1.16 bits per heavy atom. The van der Waals surface area contributed by atoms with Crippen molar-refractivity contribution in [3.63, 3.8) is 0 Å². The maximum atomic E-state index is 12.3. The van der Waals surface area contributed by atoms with Crippen molar-refractivity contribution >= 4 is 5.91 Å². The molecule has 0 spiro atoms. The van der Waals surface area contributed by atoms with E-state index in [1.54, 1.807) is 0 Å². The molecule has 106 valence electrons. The topological polar surface area (TPSA) is 29.1 Å². The van der Waals surface area contributed by atoms with Gasteiger partial charge in [-0.3, -0.25) is 4.79 Å². The van der Waals surface area contributed by atoms with Gasteiger partial charge in [-0.05, 0) is 36.8 Å². The van der Waals surface area contributed by atoms with Crippen LogP contribution in [-0.4, -0.2) is 11.9 Å². The maximum Gasteiger partial charge on any atom is 0.251 e. The van der Waals surface area contributed by atoms with Crippen LogP contribution < -0.4 is 5.32 Å². The summed E-state index contributed by atoms with van der Waals surface area (Å²) in [5, 5.41) is 3.19. The Balaban J connectivity index is 2.79. The van der Waals surface area contributed by atoms with Gasteiger partial charge in [0.2, 0.25) is 0 Å². The van der Waals surface area contributed by atoms with Crippen LogP contribution in [-0.2, 0) is 0 Å². The van der Waals surface area contributed by atoms with Crippen molar-refractivity contribution in [2.75, 3.05) is 0 Å². The van der Waals surface area contributed by atoms with E-state index in [-0.39, 0.29) is 17.4 Å². The van der Waals surface area contributed by atoms with Crippen LogP contribution in [0.3, 0.4) is 0 Å². The fourth-order valence-electron chi connectivity index (χ4n) is 2.05. The molecule has 0 aliphatic heterocycles. The van der Waals surface area contributed by atoms with E-state index in [9.17, 15) is 4.79 Å². The smallest absolute Gasteiger partial charge is 0.251 e. The number of hydrogen-bond donors (Lipinski definition) is 1. The molecule has 1 rings (SSSR count). The van der Waals surface area contributed by atoms with E-state index in [1.165, 1.54) is 5.56 Å². The summed E-state index contributed by atoms with van der Waals surface area (Å²) in [6, 6.07) is 7.92. The van der Waals surface area contributed by atoms with E-state index in [2.05, 4.69) is 39.9 Å². The van der Waals surface area contributed by atoms with Gasteiger partial charge in [0.1, 0.15) is 0 Å². The monoisotopic (exact) mass is 261 g/mol. The number of carbonyl (C=O) groups is 1. The molecule has 0 aliphatic carbocycles. The normalized spacial score (nSPS) is 13.4. The summed E-state index contributed by atoms with van der Waals surface area (Å²) in [4.78, 5) is 12.3. The van der Waals surface area contributed by atoms with Gasteiger partial charge in [0.15, 0.2) is 0 Å². The Morgan fingerprint density at radius 2 is 1.68 bits per heavy atom. The van der Waals surface area contributed by atoms with Gasteiger partial charge >= 0.3 is 0 Å². The molecule has 0 aliphatic rings. The number of hydrogen-bond acceptors (Lipinski definition) is 1. The highest BCUT2D eigenvalue weighted by Gasteiger charge is 2.27. The zero-order valence-corrected chi connectivity index (χ0v) is 13.1. The predicted octanol–water partition coefficient (Wildman–Crippen LogP) is 4.19. The van der Waals surface area contributed by atoms with E-state index < -0.39 is 0 Å². The van der Waals surface area contributed by atoms with Crippen molar-refractivity contribution in [3.8, 4) is 0 Å². The summed E-state index contributed by atoms with van der Waals surface area (Å²) in [6.07, 6.45) is 1.00. The second-order valence-electron chi connectivity index (χ2n) is 6.89. The summed E-state index contributed by atoms with van der Waals surface area (Å²) in [7, 11) is 0. The molecule has 19 heavy (non-hydrogen) atoms. The van der Waals surface area contributed by atoms with Gasteiger partial charge in [0.05, 0.1) is 0 Å². The highest BCUT2D eigenvalue weighted by molar-refractivity contribution is 5.94.